The van der Waals surface area contributed by atoms with Gasteiger partial charge in [0.05, 0.1) is 11.6 Å². The first-order chi connectivity index (χ1) is 15.7. The van der Waals surface area contributed by atoms with Crippen LogP contribution in [0.5, 0.6) is 0 Å². The first kappa shape index (κ1) is 20.0. The molecule has 0 spiro atoms. The van der Waals surface area contributed by atoms with E-state index in [0.29, 0.717) is 16.9 Å². The Hall–Kier alpha value is -3.98. The second-order valence-electron chi connectivity index (χ2n) is 7.86. The van der Waals surface area contributed by atoms with Gasteiger partial charge in [-0.25, -0.2) is 4.39 Å². The van der Waals surface area contributed by atoms with Gasteiger partial charge in [-0.2, -0.15) is 0 Å². The number of anilines is 2. The Balaban J connectivity index is 1.68. The number of hydrogen-bond donors (Lipinski definition) is 0. The number of carbonyl (C=O) groups is 1. The number of nitrogens with zero attached hydrogens (tertiary/aromatic N) is 1. The van der Waals surface area contributed by atoms with Gasteiger partial charge in [-0.1, -0.05) is 109 Å². The van der Waals surface area contributed by atoms with E-state index in [1.165, 1.54) is 4.90 Å². The van der Waals surface area contributed by atoms with Crippen LogP contribution in [0, 0.1) is 0 Å². The summed E-state index contributed by atoms with van der Waals surface area (Å²) in [5.74, 6) is -1.36. The first-order valence-electron chi connectivity index (χ1n) is 10.7. The number of benzene rings is 4. The van der Waals surface area contributed by atoms with Crippen molar-refractivity contribution in [1.29, 1.82) is 0 Å². The molecule has 1 heterocycles. The smallest absolute Gasteiger partial charge is 0.274 e. The van der Waals surface area contributed by atoms with Gasteiger partial charge in [-0.05, 0) is 29.3 Å². The molecule has 1 aliphatic rings. The molecule has 32 heavy (non-hydrogen) atoms. The lowest BCUT2D eigenvalue weighted by molar-refractivity contribution is -0.129. The van der Waals surface area contributed by atoms with Crippen molar-refractivity contribution in [2.24, 2.45) is 0 Å². The van der Waals surface area contributed by atoms with E-state index in [4.69, 9.17) is 0 Å². The zero-order chi connectivity index (χ0) is 22.0. The molecule has 3 heteroatoms. The third-order valence-corrected chi connectivity index (χ3v) is 5.93. The Morgan fingerprint density at radius 2 is 1.28 bits per heavy atom. The Kier molecular flexibility index (Phi) is 5.16. The molecule has 0 fully saturated rings. The number of carbonyl (C=O) groups excluding carboxylic acids is 1. The number of allylic oxidation sites excluding steroid dienone is 1. The maximum absolute atomic E-state index is 17.2. The van der Waals surface area contributed by atoms with Crippen LogP contribution in [0.4, 0.5) is 15.8 Å². The average Bonchev–Trinajstić information content (AvgIpc) is 3.08. The predicted molar refractivity (Wildman–Crippen MR) is 127 cm³/mol. The summed E-state index contributed by atoms with van der Waals surface area (Å²) in [4.78, 5) is 15.3. The SMILES string of the molecule is O=C1N(c2ccccc2)c2ccccc2[C@]1(F)[C@H](/C=C/c1ccccc1)c1ccccc1. The highest BCUT2D eigenvalue weighted by Gasteiger charge is 2.56. The summed E-state index contributed by atoms with van der Waals surface area (Å²) in [5, 5.41) is 0. The van der Waals surface area contributed by atoms with E-state index < -0.39 is 17.5 Å². The van der Waals surface area contributed by atoms with Crippen LogP contribution in [0.25, 0.3) is 6.08 Å². The molecule has 0 bridgehead atoms. The van der Waals surface area contributed by atoms with Crippen molar-refractivity contribution in [1.82, 2.24) is 0 Å². The Morgan fingerprint density at radius 1 is 0.719 bits per heavy atom. The number of para-hydroxylation sites is 2. The fraction of sp³-hybridized carbons (Fsp3) is 0.0690. The molecule has 1 amide bonds. The molecule has 0 N–H and O–H groups in total. The third kappa shape index (κ3) is 3.32. The van der Waals surface area contributed by atoms with Gasteiger partial charge >= 0.3 is 0 Å². The highest BCUT2D eigenvalue weighted by Crippen LogP contribution is 2.53. The molecule has 0 aromatic heterocycles. The summed E-state index contributed by atoms with van der Waals surface area (Å²) >= 11 is 0. The van der Waals surface area contributed by atoms with Crippen LogP contribution < -0.4 is 4.90 Å². The minimum Gasteiger partial charge on any atom is -0.278 e. The molecule has 156 valence electrons. The zero-order valence-electron chi connectivity index (χ0n) is 17.4. The van der Waals surface area contributed by atoms with E-state index in [1.54, 1.807) is 12.1 Å². The molecule has 4 aromatic carbocycles. The van der Waals surface area contributed by atoms with Gasteiger partial charge in [0.25, 0.3) is 5.91 Å². The van der Waals surface area contributed by atoms with Crippen LogP contribution in [-0.4, -0.2) is 5.91 Å². The van der Waals surface area contributed by atoms with Crippen molar-refractivity contribution in [3.05, 3.63) is 138 Å². The Morgan fingerprint density at radius 3 is 1.97 bits per heavy atom. The number of hydrogen-bond acceptors (Lipinski definition) is 1. The van der Waals surface area contributed by atoms with Crippen LogP contribution >= 0.6 is 0 Å². The van der Waals surface area contributed by atoms with Gasteiger partial charge in [-0.15, -0.1) is 0 Å². The average molecular weight is 419 g/mol. The van der Waals surface area contributed by atoms with E-state index in [2.05, 4.69) is 0 Å². The quantitative estimate of drug-likeness (QED) is 0.340. The zero-order valence-corrected chi connectivity index (χ0v) is 17.4. The largest absolute Gasteiger partial charge is 0.278 e. The normalized spacial score (nSPS) is 18.7. The molecule has 0 aliphatic carbocycles. The van der Waals surface area contributed by atoms with Crippen LogP contribution in [0.15, 0.2) is 121 Å². The second kappa shape index (κ2) is 8.27. The number of fused-ring (bicyclic) bond motifs is 1. The summed E-state index contributed by atoms with van der Waals surface area (Å²) in [7, 11) is 0. The summed E-state index contributed by atoms with van der Waals surface area (Å²) in [6, 6.07) is 35.6. The van der Waals surface area contributed by atoms with Gasteiger partial charge in [-0.3, -0.25) is 9.69 Å². The topological polar surface area (TPSA) is 20.3 Å². The fourth-order valence-corrected chi connectivity index (χ4v) is 4.40. The lowest BCUT2D eigenvalue weighted by Crippen LogP contribution is -2.39. The standard InChI is InChI=1S/C29H22FNO/c30-29(25(23-14-6-2-7-15-23)21-20-22-12-4-1-5-13-22)26-18-10-11-19-27(26)31(28(29)32)24-16-8-3-9-17-24/h1-21,25H/b21-20+/t25-,29-/m1/s1. The van der Waals surface area contributed by atoms with Crippen molar-refractivity contribution in [2.75, 3.05) is 4.90 Å². The lowest BCUT2D eigenvalue weighted by atomic mass is 9.79. The number of halogens is 1. The van der Waals surface area contributed by atoms with Crippen LogP contribution in [0.3, 0.4) is 0 Å². The molecule has 0 saturated heterocycles. The van der Waals surface area contributed by atoms with E-state index >= 15 is 4.39 Å². The van der Waals surface area contributed by atoms with Gasteiger partial charge in [0.15, 0.2) is 0 Å². The van der Waals surface area contributed by atoms with Crippen molar-refractivity contribution < 1.29 is 9.18 Å². The third-order valence-electron chi connectivity index (χ3n) is 5.93. The Bertz CT molecular complexity index is 1250. The van der Waals surface area contributed by atoms with Crippen LogP contribution in [-0.2, 0) is 10.5 Å². The molecule has 2 nitrogen and oxygen atoms in total. The molecule has 0 radical (unpaired) electrons. The van der Waals surface area contributed by atoms with Gasteiger partial charge < -0.3 is 0 Å². The van der Waals surface area contributed by atoms with Crippen molar-refractivity contribution in [3.63, 3.8) is 0 Å². The number of amides is 1. The monoisotopic (exact) mass is 419 g/mol. The van der Waals surface area contributed by atoms with Gasteiger partial charge in [0.2, 0.25) is 5.67 Å². The fourth-order valence-electron chi connectivity index (χ4n) is 4.40. The van der Waals surface area contributed by atoms with Gasteiger partial charge in [0, 0.05) is 11.3 Å². The minimum atomic E-state index is -2.24. The molecule has 0 unspecified atom stereocenters. The maximum Gasteiger partial charge on any atom is 0.274 e. The maximum atomic E-state index is 17.2. The number of alkyl halides is 1. The molecular formula is C29H22FNO. The van der Waals surface area contributed by atoms with Crippen molar-refractivity contribution in [3.8, 4) is 0 Å². The number of rotatable bonds is 5. The molecular weight excluding hydrogens is 397 g/mol. The molecule has 2 atom stereocenters. The molecule has 1 aliphatic heterocycles. The van der Waals surface area contributed by atoms with Crippen LogP contribution in [0.2, 0.25) is 0 Å². The highest BCUT2D eigenvalue weighted by molar-refractivity contribution is 6.12. The van der Waals surface area contributed by atoms with E-state index in [-0.39, 0.29) is 0 Å². The van der Waals surface area contributed by atoms with E-state index in [1.807, 2.05) is 115 Å². The minimum absolute atomic E-state index is 0.389. The molecule has 5 rings (SSSR count). The van der Waals surface area contributed by atoms with E-state index in [0.717, 1.165) is 11.1 Å². The van der Waals surface area contributed by atoms with Crippen molar-refractivity contribution in [2.45, 2.75) is 11.6 Å². The first-order valence-corrected chi connectivity index (χ1v) is 10.7. The van der Waals surface area contributed by atoms with Crippen LogP contribution in [0.1, 0.15) is 22.6 Å². The summed E-state index contributed by atoms with van der Waals surface area (Å²) < 4.78 is 17.2. The summed E-state index contributed by atoms with van der Waals surface area (Å²) in [5.41, 5.74) is 1.10. The van der Waals surface area contributed by atoms with Crippen molar-refractivity contribution >= 4 is 23.4 Å². The predicted octanol–water partition coefficient (Wildman–Crippen LogP) is 7.03. The Labute approximate surface area is 187 Å². The summed E-state index contributed by atoms with van der Waals surface area (Å²) in [6.07, 6.45) is 3.70. The summed E-state index contributed by atoms with van der Waals surface area (Å²) in [6.45, 7) is 0. The second-order valence-corrected chi connectivity index (χ2v) is 7.86. The molecule has 4 aromatic rings. The van der Waals surface area contributed by atoms with E-state index in [9.17, 15) is 4.79 Å². The van der Waals surface area contributed by atoms with Gasteiger partial charge in [0.1, 0.15) is 0 Å². The highest BCUT2D eigenvalue weighted by atomic mass is 19.1. The lowest BCUT2D eigenvalue weighted by Gasteiger charge is -2.28. The molecule has 0 saturated carbocycles.